The van der Waals surface area contributed by atoms with Crippen LogP contribution in [0.25, 0.3) is 0 Å². The van der Waals surface area contributed by atoms with Gasteiger partial charge in [-0.1, -0.05) is 219 Å². The number of hydrogen-bond acceptors (Lipinski definition) is 3. The lowest BCUT2D eigenvalue weighted by Crippen LogP contribution is -2.06. The maximum atomic E-state index is 4.79. The summed E-state index contributed by atoms with van der Waals surface area (Å²) in [5.74, 6) is 2.60. The molecule has 1 radical (unpaired) electrons. The van der Waals surface area contributed by atoms with Crippen LogP contribution < -0.4 is 0 Å². The van der Waals surface area contributed by atoms with E-state index in [0.29, 0.717) is 5.82 Å². The van der Waals surface area contributed by atoms with Gasteiger partial charge in [-0.05, 0) is 12.8 Å². The summed E-state index contributed by atoms with van der Waals surface area (Å²) in [7, 11) is 0. The Morgan fingerprint density at radius 3 is 0.711 bits per heavy atom. The zero-order chi connectivity index (χ0) is 32.3. The fraction of sp³-hybridized carbons (Fsp3) is 0.905. The largest absolute Gasteiger partial charge is 0.218 e. The summed E-state index contributed by atoms with van der Waals surface area (Å²) in [5, 5.41) is 0. The summed E-state index contributed by atoms with van der Waals surface area (Å²) in [6.45, 7) is 8.64. The van der Waals surface area contributed by atoms with Crippen LogP contribution in [0.4, 0.5) is 0 Å². The quantitative estimate of drug-likeness (QED) is 0.0695. The van der Waals surface area contributed by atoms with Gasteiger partial charge in [0.15, 0.2) is 0 Å². The number of hydrogen-bond donors (Lipinski definition) is 0. The molecule has 0 fully saturated rings. The van der Waals surface area contributed by atoms with Crippen molar-refractivity contribution in [3.63, 3.8) is 0 Å². The second-order valence-corrected chi connectivity index (χ2v) is 14.4. The van der Waals surface area contributed by atoms with Gasteiger partial charge >= 0.3 is 0 Å². The van der Waals surface area contributed by atoms with Crippen molar-refractivity contribution in [2.45, 2.75) is 245 Å². The smallest absolute Gasteiger partial charge is 0.133 e. The van der Waals surface area contributed by atoms with Crippen molar-refractivity contribution in [3.8, 4) is 0 Å². The normalized spacial score (nSPS) is 11.5. The van der Waals surface area contributed by atoms with Crippen LogP contribution in [0, 0.1) is 6.92 Å². The molecule has 1 rings (SSSR count). The molecule has 0 spiro atoms. The van der Waals surface area contributed by atoms with Gasteiger partial charge in [0.05, 0.1) is 0 Å². The van der Waals surface area contributed by atoms with E-state index in [1.807, 2.05) is 0 Å². The second kappa shape index (κ2) is 34.3. The lowest BCUT2D eigenvalue weighted by molar-refractivity contribution is 0.525. The first-order valence-corrected chi connectivity index (χ1v) is 20.8. The Hall–Kier alpha value is -0.990. The fourth-order valence-electron chi connectivity index (χ4n) is 6.76. The van der Waals surface area contributed by atoms with Crippen LogP contribution in [0.2, 0.25) is 0 Å². The molecular formula is C42H80N3. The van der Waals surface area contributed by atoms with Crippen molar-refractivity contribution >= 4 is 0 Å². The predicted molar refractivity (Wildman–Crippen MR) is 200 cm³/mol. The molecule has 0 aliphatic rings. The minimum atomic E-state index is 0.661. The van der Waals surface area contributed by atoms with E-state index in [9.17, 15) is 0 Å². The van der Waals surface area contributed by atoms with Crippen LogP contribution in [0.15, 0.2) is 0 Å². The molecule has 45 heavy (non-hydrogen) atoms. The summed E-state index contributed by atoms with van der Waals surface area (Å²) in [5.41, 5.74) is 0. The Bertz CT molecular complexity index is 662. The Morgan fingerprint density at radius 1 is 0.289 bits per heavy atom. The topological polar surface area (TPSA) is 38.7 Å². The van der Waals surface area contributed by atoms with Crippen LogP contribution in [0.5, 0.6) is 0 Å². The molecule has 263 valence electrons. The molecule has 1 aromatic heterocycles. The highest BCUT2D eigenvalue weighted by Crippen LogP contribution is 2.16. The maximum Gasteiger partial charge on any atom is 0.133 e. The van der Waals surface area contributed by atoms with Crippen LogP contribution in [0.1, 0.15) is 250 Å². The number of nitrogens with zero attached hydrogens (tertiary/aromatic N) is 3. The third-order valence-corrected chi connectivity index (χ3v) is 9.78. The molecule has 0 saturated carbocycles. The van der Waals surface area contributed by atoms with E-state index in [-0.39, 0.29) is 0 Å². The number of unbranched alkanes of at least 4 members (excludes halogenated alkanes) is 32. The van der Waals surface area contributed by atoms with Gasteiger partial charge < -0.3 is 0 Å². The van der Waals surface area contributed by atoms with Gasteiger partial charge in [0, 0.05) is 19.8 Å². The van der Waals surface area contributed by atoms with Crippen molar-refractivity contribution in [1.29, 1.82) is 0 Å². The molecule has 3 nitrogen and oxygen atoms in total. The summed E-state index contributed by atoms with van der Waals surface area (Å²) in [6, 6.07) is 0. The minimum absolute atomic E-state index is 0.661. The SMILES string of the molecule is [CH2]c1nc(CCCCCCCCCCCCCCCCCCC)nc(CCCCCCCCCCCCCCCCCCC)n1. The summed E-state index contributed by atoms with van der Waals surface area (Å²) < 4.78 is 0. The van der Waals surface area contributed by atoms with Crippen LogP contribution >= 0.6 is 0 Å². The average Bonchev–Trinajstić information content (AvgIpc) is 3.03. The molecule has 0 atom stereocenters. The summed E-state index contributed by atoms with van der Waals surface area (Å²) >= 11 is 0. The lowest BCUT2D eigenvalue weighted by atomic mass is 10.0. The molecule has 0 aliphatic carbocycles. The maximum absolute atomic E-state index is 4.79. The number of aryl methyl sites for hydroxylation is 2. The van der Waals surface area contributed by atoms with Crippen LogP contribution in [-0.2, 0) is 12.8 Å². The van der Waals surface area contributed by atoms with Crippen molar-refractivity contribution < 1.29 is 0 Å². The zero-order valence-corrected chi connectivity index (χ0v) is 31.0. The molecule has 0 aromatic carbocycles. The molecule has 1 aromatic rings. The van der Waals surface area contributed by atoms with Crippen LogP contribution in [0.3, 0.4) is 0 Å². The second-order valence-electron chi connectivity index (χ2n) is 14.4. The van der Waals surface area contributed by atoms with Crippen LogP contribution in [-0.4, -0.2) is 15.0 Å². The van der Waals surface area contributed by atoms with Gasteiger partial charge in [-0.25, -0.2) is 15.0 Å². The van der Waals surface area contributed by atoms with Gasteiger partial charge in [0.2, 0.25) is 0 Å². The van der Waals surface area contributed by atoms with Crippen molar-refractivity contribution in [2.75, 3.05) is 0 Å². The number of rotatable bonds is 36. The first kappa shape index (κ1) is 42.0. The average molecular weight is 627 g/mol. The summed E-state index contributed by atoms with van der Waals surface area (Å²) in [4.78, 5) is 13.9. The van der Waals surface area contributed by atoms with Gasteiger partial charge in [0.25, 0.3) is 0 Å². The molecule has 0 saturated heterocycles. The monoisotopic (exact) mass is 627 g/mol. The standard InChI is InChI=1S/C42H80N3/c1-4-6-8-10-12-14-16-18-20-22-24-26-28-30-32-34-36-38-41-43-40(3)44-42(45-41)39-37-35-33-31-29-27-25-23-21-19-17-15-13-11-9-7-5-2/h3-39H2,1-2H3. The molecule has 0 unspecified atom stereocenters. The molecular weight excluding hydrogens is 546 g/mol. The third kappa shape index (κ3) is 30.1. The molecule has 1 heterocycles. The van der Waals surface area contributed by atoms with E-state index < -0.39 is 0 Å². The lowest BCUT2D eigenvalue weighted by Gasteiger charge is -2.06. The summed E-state index contributed by atoms with van der Waals surface area (Å²) in [6.07, 6.45) is 49.9. The van der Waals surface area contributed by atoms with Gasteiger partial charge in [-0.2, -0.15) is 0 Å². The van der Waals surface area contributed by atoms with E-state index in [1.54, 1.807) is 0 Å². The highest BCUT2D eigenvalue weighted by Gasteiger charge is 2.05. The van der Waals surface area contributed by atoms with Gasteiger partial charge in [0.1, 0.15) is 17.5 Å². The molecule has 0 aliphatic heterocycles. The molecule has 0 bridgehead atoms. The zero-order valence-electron chi connectivity index (χ0n) is 31.0. The third-order valence-electron chi connectivity index (χ3n) is 9.78. The highest BCUT2D eigenvalue weighted by atomic mass is 15.0. The van der Waals surface area contributed by atoms with E-state index in [0.717, 1.165) is 24.5 Å². The first-order valence-electron chi connectivity index (χ1n) is 20.8. The van der Waals surface area contributed by atoms with E-state index in [1.165, 1.54) is 218 Å². The van der Waals surface area contributed by atoms with E-state index >= 15 is 0 Å². The Balaban J connectivity index is 1.89. The van der Waals surface area contributed by atoms with Gasteiger partial charge in [-0.3, -0.25) is 0 Å². The number of aromatic nitrogens is 3. The highest BCUT2D eigenvalue weighted by molar-refractivity contribution is 5.00. The van der Waals surface area contributed by atoms with Crippen molar-refractivity contribution in [1.82, 2.24) is 15.0 Å². The van der Waals surface area contributed by atoms with Gasteiger partial charge in [-0.15, -0.1) is 0 Å². The molecule has 0 N–H and O–H groups in total. The first-order chi connectivity index (χ1) is 22.3. The Morgan fingerprint density at radius 2 is 0.489 bits per heavy atom. The van der Waals surface area contributed by atoms with Crippen molar-refractivity contribution in [3.05, 3.63) is 24.4 Å². The molecule has 0 amide bonds. The van der Waals surface area contributed by atoms with E-state index in [2.05, 4.69) is 30.7 Å². The van der Waals surface area contributed by atoms with Crippen molar-refractivity contribution in [2.24, 2.45) is 0 Å². The predicted octanol–water partition coefficient (Wildman–Crippen LogP) is 14.4. The molecule has 3 heteroatoms. The Kier molecular flexibility index (Phi) is 32.1. The van der Waals surface area contributed by atoms with E-state index in [4.69, 9.17) is 4.98 Å². The fourth-order valence-corrected chi connectivity index (χ4v) is 6.76. The minimum Gasteiger partial charge on any atom is -0.218 e. The Labute approximate surface area is 283 Å².